The zero-order valence-corrected chi connectivity index (χ0v) is 12.2. The summed E-state index contributed by atoms with van der Waals surface area (Å²) in [6.07, 6.45) is 0. The molecule has 0 saturated carbocycles. The molecule has 1 aliphatic heterocycles. The second-order valence-electron chi connectivity index (χ2n) is 5.01. The van der Waals surface area contributed by atoms with Gasteiger partial charge in [-0.15, -0.1) is 0 Å². The number of nitrogens with zero attached hydrogens (tertiary/aromatic N) is 2. The molecular weight excluding hydrogens is 270 g/mol. The quantitative estimate of drug-likeness (QED) is 0.848. The summed E-state index contributed by atoms with van der Waals surface area (Å²) in [7, 11) is 0. The van der Waals surface area contributed by atoms with E-state index in [1.54, 1.807) is 24.3 Å². The number of amides is 2. The number of nitrogens with two attached hydrogens (primary N) is 1. The van der Waals surface area contributed by atoms with Crippen molar-refractivity contribution in [3.05, 3.63) is 29.8 Å². The Hall–Kier alpha value is -2.08. The van der Waals surface area contributed by atoms with E-state index in [0.717, 1.165) is 32.7 Å². The molecule has 0 aromatic heterocycles. The molecule has 1 heterocycles. The van der Waals surface area contributed by atoms with Gasteiger partial charge in [-0.05, 0) is 24.7 Å². The molecule has 1 fully saturated rings. The smallest absolute Gasteiger partial charge is 0.255 e. The molecule has 0 bridgehead atoms. The van der Waals surface area contributed by atoms with Gasteiger partial charge in [0.1, 0.15) is 5.75 Å². The van der Waals surface area contributed by atoms with Crippen LogP contribution in [0.3, 0.4) is 0 Å². The monoisotopic (exact) mass is 291 g/mol. The lowest BCUT2D eigenvalue weighted by Gasteiger charge is -2.34. The van der Waals surface area contributed by atoms with Crippen LogP contribution in [0.4, 0.5) is 0 Å². The average molecular weight is 291 g/mol. The van der Waals surface area contributed by atoms with E-state index in [0.29, 0.717) is 11.3 Å². The summed E-state index contributed by atoms with van der Waals surface area (Å²) in [5.74, 6) is -0.0652. The molecule has 1 aliphatic rings. The second kappa shape index (κ2) is 7.08. The molecule has 114 valence electrons. The molecule has 21 heavy (non-hydrogen) atoms. The van der Waals surface area contributed by atoms with E-state index in [4.69, 9.17) is 10.5 Å². The highest BCUT2D eigenvalue weighted by Gasteiger charge is 2.21. The molecule has 1 saturated heterocycles. The molecule has 2 rings (SSSR count). The SMILES string of the molecule is CCN1CCN(C(=O)c2cccc(OCC(N)=O)c2)CC1. The van der Waals surface area contributed by atoms with Gasteiger partial charge in [0.05, 0.1) is 0 Å². The Labute approximate surface area is 124 Å². The highest BCUT2D eigenvalue weighted by molar-refractivity contribution is 5.94. The summed E-state index contributed by atoms with van der Waals surface area (Å²) in [5.41, 5.74) is 5.61. The molecule has 1 aromatic carbocycles. The van der Waals surface area contributed by atoms with Gasteiger partial charge in [0.15, 0.2) is 6.61 Å². The summed E-state index contributed by atoms with van der Waals surface area (Å²) < 4.78 is 5.23. The predicted molar refractivity (Wildman–Crippen MR) is 79.1 cm³/mol. The number of piperazine rings is 1. The minimum absolute atomic E-state index is 0.00437. The number of ether oxygens (including phenoxy) is 1. The number of carbonyl (C=O) groups excluding carboxylic acids is 2. The highest BCUT2D eigenvalue weighted by Crippen LogP contribution is 2.16. The first kappa shape index (κ1) is 15.3. The molecule has 0 unspecified atom stereocenters. The minimum atomic E-state index is -0.539. The van der Waals surface area contributed by atoms with Crippen LogP contribution in [0.1, 0.15) is 17.3 Å². The predicted octanol–water partition coefficient (Wildman–Crippen LogP) is 0.328. The van der Waals surface area contributed by atoms with E-state index >= 15 is 0 Å². The lowest BCUT2D eigenvalue weighted by Crippen LogP contribution is -2.48. The largest absolute Gasteiger partial charge is 0.484 e. The van der Waals surface area contributed by atoms with Gasteiger partial charge in [0.2, 0.25) is 0 Å². The van der Waals surface area contributed by atoms with Crippen molar-refractivity contribution < 1.29 is 14.3 Å². The Balaban J connectivity index is 1.99. The fraction of sp³-hybridized carbons (Fsp3) is 0.467. The zero-order chi connectivity index (χ0) is 15.2. The number of likely N-dealkylation sites (N-methyl/N-ethyl adjacent to an activating group) is 1. The van der Waals surface area contributed by atoms with Crippen LogP contribution < -0.4 is 10.5 Å². The Morgan fingerprint density at radius 1 is 1.24 bits per heavy atom. The van der Waals surface area contributed by atoms with Crippen molar-refractivity contribution in [3.8, 4) is 5.75 Å². The summed E-state index contributed by atoms with van der Waals surface area (Å²) in [4.78, 5) is 27.3. The minimum Gasteiger partial charge on any atom is -0.484 e. The van der Waals surface area contributed by atoms with Crippen LogP contribution in [0.15, 0.2) is 24.3 Å². The third-order valence-electron chi connectivity index (χ3n) is 3.57. The van der Waals surface area contributed by atoms with E-state index in [9.17, 15) is 9.59 Å². The first-order valence-electron chi connectivity index (χ1n) is 7.13. The van der Waals surface area contributed by atoms with Gasteiger partial charge < -0.3 is 20.3 Å². The van der Waals surface area contributed by atoms with Gasteiger partial charge in [-0.3, -0.25) is 9.59 Å². The number of rotatable bonds is 5. The molecular formula is C15H21N3O3. The van der Waals surface area contributed by atoms with E-state index < -0.39 is 5.91 Å². The van der Waals surface area contributed by atoms with Crippen LogP contribution in [-0.2, 0) is 4.79 Å². The molecule has 2 N–H and O–H groups in total. The lowest BCUT2D eigenvalue weighted by molar-refractivity contribution is -0.119. The van der Waals surface area contributed by atoms with Gasteiger partial charge >= 0.3 is 0 Å². The van der Waals surface area contributed by atoms with Gasteiger partial charge in [-0.1, -0.05) is 13.0 Å². The first-order valence-corrected chi connectivity index (χ1v) is 7.13. The van der Waals surface area contributed by atoms with Gasteiger partial charge in [-0.25, -0.2) is 0 Å². The second-order valence-corrected chi connectivity index (χ2v) is 5.01. The van der Waals surface area contributed by atoms with Crippen molar-refractivity contribution >= 4 is 11.8 Å². The molecule has 6 nitrogen and oxygen atoms in total. The number of hydrogen-bond acceptors (Lipinski definition) is 4. The van der Waals surface area contributed by atoms with Crippen LogP contribution in [0.2, 0.25) is 0 Å². The summed E-state index contributed by atoms with van der Waals surface area (Å²) in [6.45, 7) is 6.22. The van der Waals surface area contributed by atoms with E-state index in [-0.39, 0.29) is 12.5 Å². The average Bonchev–Trinajstić information content (AvgIpc) is 2.52. The van der Waals surface area contributed by atoms with Crippen molar-refractivity contribution in [2.45, 2.75) is 6.92 Å². The van der Waals surface area contributed by atoms with Crippen LogP contribution in [-0.4, -0.2) is 60.9 Å². The highest BCUT2D eigenvalue weighted by atomic mass is 16.5. The molecule has 0 atom stereocenters. The molecule has 0 spiro atoms. The van der Waals surface area contributed by atoms with Gasteiger partial charge in [-0.2, -0.15) is 0 Å². The van der Waals surface area contributed by atoms with E-state index in [1.165, 1.54) is 0 Å². The van der Waals surface area contributed by atoms with Crippen LogP contribution in [0.5, 0.6) is 5.75 Å². The number of benzene rings is 1. The van der Waals surface area contributed by atoms with Crippen molar-refractivity contribution in [2.75, 3.05) is 39.3 Å². The Morgan fingerprint density at radius 3 is 2.57 bits per heavy atom. The zero-order valence-electron chi connectivity index (χ0n) is 12.2. The van der Waals surface area contributed by atoms with Crippen molar-refractivity contribution in [3.63, 3.8) is 0 Å². The van der Waals surface area contributed by atoms with Crippen LogP contribution >= 0.6 is 0 Å². The van der Waals surface area contributed by atoms with Crippen molar-refractivity contribution in [2.24, 2.45) is 5.73 Å². The lowest BCUT2D eigenvalue weighted by atomic mass is 10.1. The number of hydrogen-bond donors (Lipinski definition) is 1. The molecule has 0 aliphatic carbocycles. The fourth-order valence-electron chi connectivity index (χ4n) is 2.32. The first-order chi connectivity index (χ1) is 10.1. The van der Waals surface area contributed by atoms with Crippen molar-refractivity contribution in [1.82, 2.24) is 9.80 Å². The van der Waals surface area contributed by atoms with E-state index in [2.05, 4.69) is 11.8 Å². The summed E-state index contributed by atoms with van der Waals surface area (Å²) in [5, 5.41) is 0. The number of primary amides is 1. The molecule has 0 radical (unpaired) electrons. The maximum absolute atomic E-state index is 12.4. The van der Waals surface area contributed by atoms with Crippen LogP contribution in [0, 0.1) is 0 Å². The summed E-state index contributed by atoms with van der Waals surface area (Å²) >= 11 is 0. The van der Waals surface area contributed by atoms with Crippen molar-refractivity contribution in [1.29, 1.82) is 0 Å². The molecule has 2 amide bonds. The van der Waals surface area contributed by atoms with Crippen LogP contribution in [0.25, 0.3) is 0 Å². The maximum atomic E-state index is 12.4. The maximum Gasteiger partial charge on any atom is 0.255 e. The van der Waals surface area contributed by atoms with Gasteiger partial charge in [0, 0.05) is 31.7 Å². The Bertz CT molecular complexity index is 511. The number of carbonyl (C=O) groups is 2. The summed E-state index contributed by atoms with van der Waals surface area (Å²) in [6, 6.07) is 6.85. The molecule has 1 aromatic rings. The third kappa shape index (κ3) is 4.19. The topological polar surface area (TPSA) is 75.9 Å². The Morgan fingerprint density at radius 2 is 1.95 bits per heavy atom. The normalized spacial score (nSPS) is 15.8. The standard InChI is InChI=1S/C15H21N3O3/c1-2-17-6-8-18(9-7-17)15(20)12-4-3-5-13(10-12)21-11-14(16)19/h3-5,10H,2,6-9,11H2,1H3,(H2,16,19). The molecule has 6 heteroatoms. The van der Waals surface area contributed by atoms with E-state index in [1.807, 2.05) is 4.90 Å². The third-order valence-corrected chi connectivity index (χ3v) is 3.57. The fourth-order valence-corrected chi connectivity index (χ4v) is 2.32. The van der Waals surface area contributed by atoms with Gasteiger partial charge in [0.25, 0.3) is 11.8 Å². The Kier molecular flexibility index (Phi) is 5.16.